The van der Waals surface area contributed by atoms with Gasteiger partial charge in [-0.2, -0.15) is 4.98 Å². The molecular formula is C18H9Cl3N6S. The van der Waals surface area contributed by atoms with Gasteiger partial charge in [0.15, 0.2) is 11.0 Å². The molecular weight excluding hydrogens is 439 g/mol. The van der Waals surface area contributed by atoms with Gasteiger partial charge in [-0.1, -0.05) is 46.9 Å². The van der Waals surface area contributed by atoms with E-state index in [2.05, 4.69) is 25.4 Å². The van der Waals surface area contributed by atoms with E-state index in [4.69, 9.17) is 34.8 Å². The Labute approximate surface area is 177 Å². The SMILES string of the molecule is Clc1ccc(-c2csc3nc(Nc4nc5ccccc5nc4Cl)nn23)c(Cl)c1. The second kappa shape index (κ2) is 6.86. The van der Waals surface area contributed by atoms with Gasteiger partial charge in [-0.3, -0.25) is 0 Å². The fourth-order valence-corrected chi connectivity index (χ4v) is 4.29. The Hall–Kier alpha value is -2.45. The third-order valence-corrected chi connectivity index (χ3v) is 5.67. The molecule has 0 saturated heterocycles. The Morgan fingerprint density at radius 2 is 1.71 bits per heavy atom. The van der Waals surface area contributed by atoms with Crippen molar-refractivity contribution in [2.45, 2.75) is 0 Å². The first-order chi connectivity index (χ1) is 13.6. The van der Waals surface area contributed by atoms with E-state index in [1.807, 2.05) is 35.7 Å². The quantitative estimate of drug-likeness (QED) is 0.362. The molecule has 0 unspecified atom stereocenters. The van der Waals surface area contributed by atoms with E-state index in [-0.39, 0.29) is 5.15 Å². The van der Waals surface area contributed by atoms with E-state index >= 15 is 0 Å². The Bertz CT molecular complexity index is 1350. The maximum atomic E-state index is 6.34. The zero-order valence-corrected chi connectivity index (χ0v) is 17.0. The number of hydrogen-bond donors (Lipinski definition) is 1. The molecule has 3 aromatic heterocycles. The molecule has 0 aliphatic carbocycles. The first-order valence-electron chi connectivity index (χ1n) is 8.07. The lowest BCUT2D eigenvalue weighted by Gasteiger charge is -2.05. The molecule has 0 atom stereocenters. The van der Waals surface area contributed by atoms with Crippen LogP contribution in [0.4, 0.5) is 11.8 Å². The molecule has 1 N–H and O–H groups in total. The molecule has 0 amide bonds. The summed E-state index contributed by atoms with van der Waals surface area (Å²) in [6, 6.07) is 12.8. The van der Waals surface area contributed by atoms with Crippen LogP contribution in [0.1, 0.15) is 0 Å². The van der Waals surface area contributed by atoms with Crippen molar-refractivity contribution in [2.75, 3.05) is 5.32 Å². The van der Waals surface area contributed by atoms with E-state index in [9.17, 15) is 0 Å². The average molecular weight is 448 g/mol. The van der Waals surface area contributed by atoms with Gasteiger partial charge in [-0.05, 0) is 30.3 Å². The number of nitrogens with one attached hydrogen (secondary N) is 1. The molecule has 138 valence electrons. The molecule has 5 rings (SSSR count). The minimum absolute atomic E-state index is 0.248. The standard InChI is InChI=1S/C18H9Cl3N6S/c19-9-5-6-10(11(20)7-9)14-8-28-18-25-17(26-27(14)18)24-16-15(21)22-12-3-1-2-4-13(12)23-16/h1-8H,(H,23,24,26). The Kier molecular flexibility index (Phi) is 4.32. The summed E-state index contributed by atoms with van der Waals surface area (Å²) in [5.41, 5.74) is 3.08. The smallest absolute Gasteiger partial charge is 0.249 e. The van der Waals surface area contributed by atoms with Crippen LogP contribution in [0.15, 0.2) is 47.8 Å². The van der Waals surface area contributed by atoms with E-state index in [0.717, 1.165) is 22.3 Å². The average Bonchev–Trinajstić information content (AvgIpc) is 3.23. The van der Waals surface area contributed by atoms with Gasteiger partial charge in [-0.25, -0.2) is 14.5 Å². The van der Waals surface area contributed by atoms with Crippen molar-refractivity contribution >= 4 is 73.9 Å². The van der Waals surface area contributed by atoms with Crippen LogP contribution in [0.5, 0.6) is 0 Å². The Balaban J connectivity index is 1.55. The van der Waals surface area contributed by atoms with Gasteiger partial charge in [0.2, 0.25) is 10.9 Å². The summed E-state index contributed by atoms with van der Waals surface area (Å²) in [7, 11) is 0. The third kappa shape index (κ3) is 3.06. The largest absolute Gasteiger partial charge is 0.305 e. The van der Waals surface area contributed by atoms with Gasteiger partial charge in [0.1, 0.15) is 0 Å². The molecule has 6 nitrogen and oxygen atoms in total. The third-order valence-electron chi connectivity index (χ3n) is 4.05. The minimum Gasteiger partial charge on any atom is -0.305 e. The van der Waals surface area contributed by atoms with Crippen LogP contribution < -0.4 is 5.32 Å². The second-order valence-electron chi connectivity index (χ2n) is 5.85. The van der Waals surface area contributed by atoms with Crippen molar-refractivity contribution in [1.29, 1.82) is 0 Å². The van der Waals surface area contributed by atoms with Crippen molar-refractivity contribution < 1.29 is 0 Å². The lowest BCUT2D eigenvalue weighted by Crippen LogP contribution is -1.99. The topological polar surface area (TPSA) is 68.0 Å². The monoisotopic (exact) mass is 446 g/mol. The first-order valence-corrected chi connectivity index (χ1v) is 10.1. The number of para-hydroxylation sites is 2. The summed E-state index contributed by atoms with van der Waals surface area (Å²) in [5.74, 6) is 0.759. The van der Waals surface area contributed by atoms with Crippen molar-refractivity contribution in [3.8, 4) is 11.3 Å². The number of rotatable bonds is 3. The number of benzene rings is 2. The summed E-state index contributed by atoms with van der Waals surface area (Å²) in [6.45, 7) is 0. The van der Waals surface area contributed by atoms with Crippen LogP contribution in [0.2, 0.25) is 15.2 Å². The molecule has 0 saturated carbocycles. The summed E-state index contributed by atoms with van der Waals surface area (Å²) >= 11 is 20.0. The molecule has 28 heavy (non-hydrogen) atoms. The van der Waals surface area contributed by atoms with Crippen molar-refractivity contribution in [1.82, 2.24) is 24.6 Å². The lowest BCUT2D eigenvalue weighted by molar-refractivity contribution is 0.987. The second-order valence-corrected chi connectivity index (χ2v) is 7.89. The lowest BCUT2D eigenvalue weighted by atomic mass is 10.2. The molecule has 5 aromatic rings. The number of halogens is 3. The van der Waals surface area contributed by atoms with Crippen molar-refractivity contribution in [2.24, 2.45) is 0 Å². The summed E-state index contributed by atoms with van der Waals surface area (Å²) in [5, 5.41) is 10.9. The summed E-state index contributed by atoms with van der Waals surface area (Å²) in [6.07, 6.45) is 0. The molecule has 0 bridgehead atoms. The Morgan fingerprint density at radius 1 is 0.929 bits per heavy atom. The van der Waals surface area contributed by atoms with E-state index in [1.54, 1.807) is 16.6 Å². The molecule has 10 heteroatoms. The van der Waals surface area contributed by atoms with E-state index in [0.29, 0.717) is 26.8 Å². The number of nitrogens with zero attached hydrogens (tertiary/aromatic N) is 5. The summed E-state index contributed by atoms with van der Waals surface area (Å²) < 4.78 is 1.71. The molecule has 0 spiro atoms. The predicted octanol–water partition coefficient (Wildman–Crippen LogP) is 6.10. The zero-order valence-electron chi connectivity index (χ0n) is 13.9. The number of hydrogen-bond acceptors (Lipinski definition) is 6. The van der Waals surface area contributed by atoms with E-state index in [1.165, 1.54) is 11.3 Å². The molecule has 3 heterocycles. The molecule has 0 radical (unpaired) electrons. The van der Waals surface area contributed by atoms with Gasteiger partial charge >= 0.3 is 0 Å². The fraction of sp³-hybridized carbons (Fsp3) is 0. The highest BCUT2D eigenvalue weighted by atomic mass is 35.5. The van der Waals surface area contributed by atoms with Gasteiger partial charge < -0.3 is 5.32 Å². The number of thiazole rings is 1. The highest BCUT2D eigenvalue weighted by Crippen LogP contribution is 2.33. The highest BCUT2D eigenvalue weighted by Gasteiger charge is 2.16. The number of aromatic nitrogens is 5. The molecule has 0 aliphatic heterocycles. The summed E-state index contributed by atoms with van der Waals surface area (Å²) in [4.78, 5) is 14.0. The first kappa shape index (κ1) is 17.6. The molecule has 0 aliphatic rings. The Morgan fingerprint density at radius 3 is 2.50 bits per heavy atom. The molecule has 0 fully saturated rings. The van der Waals surface area contributed by atoms with Crippen LogP contribution in [-0.4, -0.2) is 24.6 Å². The predicted molar refractivity (Wildman–Crippen MR) is 114 cm³/mol. The van der Waals surface area contributed by atoms with Crippen LogP contribution in [-0.2, 0) is 0 Å². The minimum atomic E-state index is 0.248. The zero-order chi connectivity index (χ0) is 19.3. The fourth-order valence-electron chi connectivity index (χ4n) is 2.78. The number of anilines is 2. The van der Waals surface area contributed by atoms with E-state index < -0.39 is 0 Å². The van der Waals surface area contributed by atoms with Gasteiger partial charge in [-0.15, -0.1) is 16.4 Å². The highest BCUT2D eigenvalue weighted by molar-refractivity contribution is 7.15. The van der Waals surface area contributed by atoms with Gasteiger partial charge in [0.25, 0.3) is 0 Å². The number of fused-ring (bicyclic) bond motifs is 2. The van der Waals surface area contributed by atoms with Gasteiger partial charge in [0, 0.05) is 16.0 Å². The normalized spacial score (nSPS) is 11.4. The van der Waals surface area contributed by atoms with Gasteiger partial charge in [0.05, 0.1) is 21.7 Å². The maximum Gasteiger partial charge on any atom is 0.249 e. The van der Waals surface area contributed by atoms with Crippen molar-refractivity contribution in [3.05, 3.63) is 63.0 Å². The maximum absolute atomic E-state index is 6.34. The van der Waals surface area contributed by atoms with Crippen LogP contribution in [0, 0.1) is 0 Å². The van der Waals surface area contributed by atoms with Crippen LogP contribution in [0.25, 0.3) is 27.3 Å². The van der Waals surface area contributed by atoms with Crippen molar-refractivity contribution in [3.63, 3.8) is 0 Å². The van der Waals surface area contributed by atoms with Crippen LogP contribution in [0.3, 0.4) is 0 Å². The molecule has 2 aromatic carbocycles. The van der Waals surface area contributed by atoms with Crippen LogP contribution >= 0.6 is 46.1 Å².